The molecule has 0 saturated heterocycles. The molecule has 1 aliphatic rings. The molecule has 0 unspecified atom stereocenters. The molecule has 8 nitrogen and oxygen atoms in total. The summed E-state index contributed by atoms with van der Waals surface area (Å²) in [5.74, 6) is -0.639. The fraction of sp³-hybridized carbons (Fsp3) is 0. The Hall–Kier alpha value is -3.81. The number of nitrogens with zero attached hydrogens (tertiary/aromatic N) is 2. The van der Waals surface area contributed by atoms with Crippen molar-refractivity contribution in [2.45, 2.75) is 0 Å². The summed E-state index contributed by atoms with van der Waals surface area (Å²) >= 11 is 0. The van der Waals surface area contributed by atoms with Crippen LogP contribution in [0.25, 0.3) is 16.8 Å². The van der Waals surface area contributed by atoms with Crippen LogP contribution in [0.5, 0.6) is 0 Å². The number of benzene rings is 2. The number of hydrogen-bond acceptors (Lipinski definition) is 5. The summed E-state index contributed by atoms with van der Waals surface area (Å²) in [5.41, 5.74) is 0.0388. The topological polar surface area (TPSA) is 119 Å². The second-order valence-electron chi connectivity index (χ2n) is 5.36. The molecule has 1 amide bonds. The van der Waals surface area contributed by atoms with Crippen LogP contribution in [0.3, 0.4) is 0 Å². The number of carbonyl (C=O) groups excluding carboxylic acids is 1. The van der Waals surface area contributed by atoms with Crippen molar-refractivity contribution in [3.8, 4) is 11.3 Å². The van der Waals surface area contributed by atoms with E-state index in [1.165, 1.54) is 18.2 Å². The quantitative estimate of drug-likeness (QED) is 0.563. The Labute approximate surface area is 138 Å². The number of H-pyrrole nitrogens is 1. The minimum Gasteiger partial charge on any atom is -0.338 e. The van der Waals surface area contributed by atoms with Gasteiger partial charge >= 0.3 is 5.63 Å². The normalized spacial score (nSPS) is 12.8. The van der Waals surface area contributed by atoms with Gasteiger partial charge in [0.1, 0.15) is 5.56 Å². The zero-order valence-electron chi connectivity index (χ0n) is 12.6. The average molecular weight is 335 g/mol. The Kier molecular flexibility index (Phi) is 3.17. The standard InChI is InChI=1S/C17H9N3O5/c21-16-13(11-8-10(20(23)24)6-7-12(11)18-16)14-15(19-25-17(14)22)9-4-2-1-3-5-9/h1-8,19H. The molecule has 0 aliphatic carbocycles. The largest absolute Gasteiger partial charge is 0.365 e. The molecular weight excluding hydrogens is 326 g/mol. The lowest BCUT2D eigenvalue weighted by Gasteiger charge is -2.01. The zero-order chi connectivity index (χ0) is 17.6. The predicted molar refractivity (Wildman–Crippen MR) is 86.2 cm³/mol. The molecule has 2 heterocycles. The summed E-state index contributed by atoms with van der Waals surface area (Å²) in [5, 5.41) is 14.1. The number of nitro groups is 1. The van der Waals surface area contributed by atoms with Gasteiger partial charge in [-0.1, -0.05) is 30.3 Å². The fourth-order valence-corrected chi connectivity index (χ4v) is 2.79. The third-order valence-electron chi connectivity index (χ3n) is 3.91. The van der Waals surface area contributed by atoms with Crippen molar-refractivity contribution in [2.75, 3.05) is 0 Å². The van der Waals surface area contributed by atoms with Gasteiger partial charge in [-0.15, -0.1) is 0 Å². The molecule has 0 saturated carbocycles. The van der Waals surface area contributed by atoms with Gasteiger partial charge in [-0.3, -0.25) is 14.9 Å². The molecule has 1 aliphatic heterocycles. The van der Waals surface area contributed by atoms with Gasteiger partial charge in [0, 0.05) is 22.9 Å². The van der Waals surface area contributed by atoms with E-state index >= 15 is 0 Å². The number of rotatable bonds is 3. The second kappa shape index (κ2) is 5.38. The lowest BCUT2D eigenvalue weighted by atomic mass is 10.00. The summed E-state index contributed by atoms with van der Waals surface area (Å²) in [7, 11) is 0. The number of nitro benzene ring substituents is 1. The van der Waals surface area contributed by atoms with Gasteiger partial charge < -0.3 is 4.52 Å². The number of non-ortho nitro benzene ring substituents is 1. The highest BCUT2D eigenvalue weighted by molar-refractivity contribution is 6.22. The van der Waals surface area contributed by atoms with Gasteiger partial charge in [0.15, 0.2) is 0 Å². The molecule has 0 bridgehead atoms. The third-order valence-corrected chi connectivity index (χ3v) is 3.91. The maximum absolute atomic E-state index is 12.4. The molecule has 25 heavy (non-hydrogen) atoms. The maximum atomic E-state index is 12.4. The van der Waals surface area contributed by atoms with Gasteiger partial charge in [0.05, 0.1) is 21.5 Å². The fourth-order valence-electron chi connectivity index (χ4n) is 2.79. The highest BCUT2D eigenvalue weighted by Gasteiger charge is 2.27. The molecule has 1 aromatic heterocycles. The lowest BCUT2D eigenvalue weighted by Crippen LogP contribution is -2.25. The Morgan fingerprint density at radius 2 is 1.84 bits per heavy atom. The van der Waals surface area contributed by atoms with Crippen LogP contribution in [0.4, 0.5) is 5.69 Å². The SMILES string of the molecule is O=C1N=c2ccc([N+](=O)[O-])cc2=C1c1c(-c2ccccc2)[nH]oc1=O. The molecular formula is C17H9N3O5. The second-order valence-corrected chi connectivity index (χ2v) is 5.36. The number of hydrogen-bond donors (Lipinski definition) is 1. The summed E-state index contributed by atoms with van der Waals surface area (Å²) in [4.78, 5) is 38.9. The van der Waals surface area contributed by atoms with Crippen molar-refractivity contribution in [1.29, 1.82) is 0 Å². The molecule has 2 aromatic carbocycles. The molecule has 0 radical (unpaired) electrons. The maximum Gasteiger partial charge on any atom is 0.365 e. The lowest BCUT2D eigenvalue weighted by molar-refractivity contribution is -0.385. The van der Waals surface area contributed by atoms with E-state index in [2.05, 4.69) is 10.1 Å². The first-order valence-electron chi connectivity index (χ1n) is 7.25. The van der Waals surface area contributed by atoms with Crippen LogP contribution >= 0.6 is 0 Å². The van der Waals surface area contributed by atoms with E-state index in [4.69, 9.17) is 4.52 Å². The Bertz CT molecular complexity index is 1210. The summed E-state index contributed by atoms with van der Waals surface area (Å²) in [6, 6.07) is 12.7. The van der Waals surface area contributed by atoms with Crippen molar-refractivity contribution in [2.24, 2.45) is 4.99 Å². The Morgan fingerprint density at radius 3 is 2.56 bits per heavy atom. The molecule has 0 atom stereocenters. The molecule has 4 rings (SSSR count). The number of fused-ring (bicyclic) bond motifs is 1. The number of carbonyl (C=O) groups is 1. The molecule has 122 valence electrons. The van der Waals surface area contributed by atoms with E-state index < -0.39 is 16.5 Å². The van der Waals surface area contributed by atoms with Crippen molar-refractivity contribution in [3.05, 3.63) is 85.2 Å². The van der Waals surface area contributed by atoms with Crippen LogP contribution < -0.4 is 16.2 Å². The van der Waals surface area contributed by atoms with Gasteiger partial charge in [-0.25, -0.2) is 14.9 Å². The number of aromatic nitrogens is 1. The minimum absolute atomic E-state index is 0.00690. The van der Waals surface area contributed by atoms with Gasteiger partial charge in [-0.05, 0) is 6.07 Å². The van der Waals surface area contributed by atoms with Gasteiger partial charge in [-0.2, -0.15) is 0 Å². The van der Waals surface area contributed by atoms with E-state index in [1.807, 2.05) is 6.07 Å². The van der Waals surface area contributed by atoms with E-state index in [1.54, 1.807) is 24.3 Å². The highest BCUT2D eigenvalue weighted by Crippen LogP contribution is 2.25. The van der Waals surface area contributed by atoms with Crippen molar-refractivity contribution in [3.63, 3.8) is 0 Å². The Morgan fingerprint density at radius 1 is 1.08 bits per heavy atom. The summed E-state index contributed by atoms with van der Waals surface area (Å²) in [6.45, 7) is 0. The van der Waals surface area contributed by atoms with Crippen LogP contribution in [0.15, 0.2) is 62.8 Å². The summed E-state index contributed by atoms with van der Waals surface area (Å²) in [6.07, 6.45) is 0. The first kappa shape index (κ1) is 14.8. The zero-order valence-corrected chi connectivity index (χ0v) is 12.6. The van der Waals surface area contributed by atoms with Crippen LogP contribution in [0, 0.1) is 10.1 Å². The van der Waals surface area contributed by atoms with Crippen LogP contribution in [-0.2, 0) is 4.79 Å². The number of nitrogens with one attached hydrogen (secondary N) is 1. The first-order valence-corrected chi connectivity index (χ1v) is 7.25. The molecule has 0 fully saturated rings. The van der Waals surface area contributed by atoms with Gasteiger partial charge in [0.2, 0.25) is 0 Å². The average Bonchev–Trinajstić information content (AvgIpc) is 3.13. The van der Waals surface area contributed by atoms with E-state index in [0.717, 1.165) is 0 Å². The highest BCUT2D eigenvalue weighted by atomic mass is 16.6. The van der Waals surface area contributed by atoms with E-state index in [-0.39, 0.29) is 27.4 Å². The van der Waals surface area contributed by atoms with Crippen molar-refractivity contribution in [1.82, 2.24) is 5.16 Å². The molecule has 1 N–H and O–H groups in total. The van der Waals surface area contributed by atoms with E-state index in [9.17, 15) is 19.7 Å². The first-order chi connectivity index (χ1) is 12.1. The van der Waals surface area contributed by atoms with E-state index in [0.29, 0.717) is 11.3 Å². The predicted octanol–water partition coefficient (Wildman–Crippen LogP) is 0.902. The third kappa shape index (κ3) is 2.27. The smallest absolute Gasteiger partial charge is 0.338 e. The molecule has 0 spiro atoms. The van der Waals surface area contributed by atoms with Crippen molar-refractivity contribution < 1.29 is 14.2 Å². The van der Waals surface area contributed by atoms with Gasteiger partial charge in [0.25, 0.3) is 11.6 Å². The number of aromatic amines is 1. The molecule has 8 heteroatoms. The minimum atomic E-state index is -0.739. The van der Waals surface area contributed by atoms with Crippen LogP contribution in [0.2, 0.25) is 0 Å². The van der Waals surface area contributed by atoms with Crippen LogP contribution in [0.1, 0.15) is 5.56 Å². The van der Waals surface area contributed by atoms with Crippen molar-refractivity contribution >= 4 is 17.2 Å². The summed E-state index contributed by atoms with van der Waals surface area (Å²) < 4.78 is 4.87. The molecule has 3 aromatic rings. The monoisotopic (exact) mass is 335 g/mol. The van der Waals surface area contributed by atoms with Crippen LogP contribution in [-0.4, -0.2) is 16.0 Å². The Balaban J connectivity index is 2.08. The number of amides is 1.